The third-order valence-corrected chi connectivity index (χ3v) is 5.21. The summed E-state index contributed by atoms with van der Waals surface area (Å²) in [6.07, 6.45) is -6.34. The quantitative estimate of drug-likeness (QED) is 0.261. The highest BCUT2D eigenvalue weighted by Gasteiger charge is 2.46. The summed E-state index contributed by atoms with van der Waals surface area (Å²) in [4.78, 5) is 5.03. The lowest BCUT2D eigenvalue weighted by molar-refractivity contribution is -0.190. The van der Waals surface area contributed by atoms with Crippen LogP contribution >= 0.6 is 0 Å². The molecule has 4 aromatic rings. The molecular weight excluding hydrogens is 479 g/mol. The van der Waals surface area contributed by atoms with Crippen molar-refractivity contribution in [1.29, 1.82) is 0 Å². The first kappa shape index (κ1) is 24.3. The fourth-order valence-corrected chi connectivity index (χ4v) is 3.31. The van der Waals surface area contributed by atoms with E-state index in [1.54, 1.807) is 0 Å². The molecule has 0 saturated heterocycles. The smallest absolute Gasteiger partial charge is 0.320 e. The molecule has 0 fully saturated rings. The van der Waals surface area contributed by atoms with E-state index in [0.717, 1.165) is 43.0 Å². The molecule has 0 aliphatic heterocycles. The van der Waals surface area contributed by atoms with E-state index in [2.05, 4.69) is 21.1 Å². The zero-order valence-corrected chi connectivity index (χ0v) is 18.2. The van der Waals surface area contributed by atoms with Crippen LogP contribution in [-0.2, 0) is 0 Å². The fraction of sp³-hybridized carbons (Fsp3) is 0.261. The lowest BCUT2D eigenvalue weighted by Gasteiger charge is -2.25. The summed E-state index contributed by atoms with van der Waals surface area (Å²) in [5.74, 6) is 2.26. The van der Waals surface area contributed by atoms with Gasteiger partial charge >= 0.3 is 6.18 Å². The summed E-state index contributed by atoms with van der Waals surface area (Å²) >= 11 is 0. The lowest BCUT2D eigenvalue weighted by atomic mass is 9.93. The molecule has 0 aliphatic carbocycles. The molecule has 0 aliphatic rings. The third-order valence-electron chi connectivity index (χ3n) is 5.21. The molecule has 0 spiro atoms. The van der Waals surface area contributed by atoms with Crippen molar-refractivity contribution in [3.63, 3.8) is 0 Å². The van der Waals surface area contributed by atoms with Gasteiger partial charge in [0.15, 0.2) is 0 Å². The van der Waals surface area contributed by atoms with E-state index in [9.17, 15) is 30.7 Å². The molecule has 0 unspecified atom stereocenters. The number of halogens is 7. The van der Waals surface area contributed by atoms with Gasteiger partial charge in [0.1, 0.15) is 29.2 Å². The van der Waals surface area contributed by atoms with E-state index in [-0.39, 0.29) is 33.7 Å². The SMILES string of the molecule is CC(C)(C#Cc1cc(F)cc(N(CC(F)F)c2nc3nncn3c3cccc(F)c23)c1)C(F)(F)F. The van der Waals surface area contributed by atoms with Gasteiger partial charge in [-0.1, -0.05) is 17.9 Å². The number of rotatable bonds is 4. The van der Waals surface area contributed by atoms with Crippen molar-refractivity contribution < 1.29 is 30.7 Å². The van der Waals surface area contributed by atoms with Crippen molar-refractivity contribution >= 4 is 28.2 Å². The molecule has 2 aromatic carbocycles. The first-order valence-electron chi connectivity index (χ1n) is 10.1. The minimum atomic E-state index is -4.65. The predicted molar refractivity (Wildman–Crippen MR) is 114 cm³/mol. The highest BCUT2D eigenvalue weighted by Crippen LogP contribution is 2.37. The molecule has 5 nitrogen and oxygen atoms in total. The van der Waals surface area contributed by atoms with Crippen molar-refractivity contribution in [2.24, 2.45) is 5.41 Å². The maximum atomic E-state index is 14.9. The Bertz CT molecular complexity index is 1460. The van der Waals surface area contributed by atoms with Gasteiger partial charge in [-0.05, 0) is 44.2 Å². The number of benzene rings is 2. The Morgan fingerprint density at radius 2 is 1.83 bits per heavy atom. The molecule has 182 valence electrons. The topological polar surface area (TPSA) is 46.3 Å². The lowest BCUT2D eigenvalue weighted by Crippen LogP contribution is -2.30. The molecule has 12 heteroatoms. The average molecular weight is 495 g/mol. The number of alkyl halides is 5. The largest absolute Gasteiger partial charge is 0.404 e. The number of hydrogen-bond acceptors (Lipinski definition) is 4. The maximum absolute atomic E-state index is 14.9. The monoisotopic (exact) mass is 495 g/mol. The van der Waals surface area contributed by atoms with Crippen LogP contribution in [0.3, 0.4) is 0 Å². The van der Waals surface area contributed by atoms with E-state index in [1.807, 2.05) is 5.92 Å². The average Bonchev–Trinajstić information content (AvgIpc) is 3.23. The molecule has 0 atom stereocenters. The van der Waals surface area contributed by atoms with E-state index in [1.165, 1.54) is 22.9 Å². The van der Waals surface area contributed by atoms with Gasteiger partial charge in [-0.3, -0.25) is 4.40 Å². The van der Waals surface area contributed by atoms with Gasteiger partial charge < -0.3 is 4.90 Å². The van der Waals surface area contributed by atoms with E-state index in [0.29, 0.717) is 0 Å². The Balaban J connectivity index is 1.92. The number of anilines is 2. The second-order valence-corrected chi connectivity index (χ2v) is 8.14. The Kier molecular flexibility index (Phi) is 6.04. The van der Waals surface area contributed by atoms with Crippen molar-refractivity contribution in [3.8, 4) is 11.8 Å². The first-order chi connectivity index (χ1) is 16.4. The summed E-state index contributed by atoms with van der Waals surface area (Å²) in [7, 11) is 0. The molecule has 2 heterocycles. The standard InChI is InChI=1S/C23H16F7N5/c1-22(2,23(28,29)30)7-6-13-8-14(24)10-15(9-13)34(11-18(26)27)20-19-16(25)4-3-5-17(19)35-12-31-33-21(35)32-20/h3-5,8-10,12,18H,11H2,1-2H3. The van der Waals surface area contributed by atoms with E-state index in [4.69, 9.17) is 0 Å². The predicted octanol–water partition coefficient (Wildman–Crippen LogP) is 5.90. The highest BCUT2D eigenvalue weighted by atomic mass is 19.4. The van der Waals surface area contributed by atoms with Gasteiger partial charge in [0.2, 0.25) is 0 Å². The molecule has 4 rings (SSSR count). The molecular formula is C23H16F7N5. The van der Waals surface area contributed by atoms with Gasteiger partial charge in [-0.15, -0.1) is 10.2 Å². The zero-order chi connectivity index (χ0) is 25.5. The molecule has 0 N–H and O–H groups in total. The normalized spacial score (nSPS) is 12.3. The van der Waals surface area contributed by atoms with E-state index >= 15 is 0 Å². The minimum absolute atomic E-state index is 0.0271. The summed E-state index contributed by atoms with van der Waals surface area (Å²) in [6, 6.07) is 6.89. The third kappa shape index (κ3) is 4.71. The van der Waals surface area contributed by atoms with Gasteiger partial charge in [-0.25, -0.2) is 17.6 Å². The second kappa shape index (κ2) is 8.72. The summed E-state index contributed by atoms with van der Waals surface area (Å²) in [5.41, 5.74) is -2.58. The first-order valence-corrected chi connectivity index (χ1v) is 10.1. The number of hydrogen-bond donors (Lipinski definition) is 0. The molecule has 0 radical (unpaired) electrons. The van der Waals surface area contributed by atoms with Crippen LogP contribution in [0.25, 0.3) is 16.7 Å². The van der Waals surface area contributed by atoms with Crippen molar-refractivity contribution in [3.05, 3.63) is 59.9 Å². The van der Waals surface area contributed by atoms with Gasteiger partial charge in [0.25, 0.3) is 12.2 Å². The number of fused-ring (bicyclic) bond motifs is 3. The Morgan fingerprint density at radius 1 is 1.09 bits per heavy atom. The van der Waals surface area contributed by atoms with Crippen molar-refractivity contribution in [1.82, 2.24) is 19.6 Å². The molecule has 0 amide bonds. The van der Waals surface area contributed by atoms with Crippen LogP contribution in [0.15, 0.2) is 42.7 Å². The Hall–Kier alpha value is -3.88. The molecule has 35 heavy (non-hydrogen) atoms. The van der Waals surface area contributed by atoms with Crippen LogP contribution in [-0.4, -0.2) is 38.7 Å². The summed E-state index contributed by atoms with van der Waals surface area (Å²) in [6.45, 7) is 0.691. The van der Waals surface area contributed by atoms with Crippen LogP contribution in [0.5, 0.6) is 0 Å². The van der Waals surface area contributed by atoms with Gasteiger partial charge in [0, 0.05) is 11.3 Å². The molecule has 0 saturated carbocycles. The Labute approximate surface area is 194 Å². The Morgan fingerprint density at radius 3 is 2.51 bits per heavy atom. The van der Waals surface area contributed by atoms with Crippen LogP contribution in [0.1, 0.15) is 19.4 Å². The van der Waals surface area contributed by atoms with Crippen molar-refractivity contribution in [2.75, 3.05) is 11.4 Å². The minimum Gasteiger partial charge on any atom is -0.320 e. The fourth-order valence-electron chi connectivity index (χ4n) is 3.31. The van der Waals surface area contributed by atoms with Crippen LogP contribution in [0.4, 0.5) is 42.2 Å². The zero-order valence-electron chi connectivity index (χ0n) is 18.2. The molecule has 2 aromatic heterocycles. The van der Waals surface area contributed by atoms with Crippen LogP contribution in [0, 0.1) is 28.9 Å². The van der Waals surface area contributed by atoms with Crippen LogP contribution in [0.2, 0.25) is 0 Å². The van der Waals surface area contributed by atoms with Crippen molar-refractivity contribution in [2.45, 2.75) is 26.4 Å². The maximum Gasteiger partial charge on any atom is 0.404 e. The second-order valence-electron chi connectivity index (χ2n) is 8.14. The van der Waals surface area contributed by atoms with Crippen LogP contribution < -0.4 is 4.90 Å². The van der Waals surface area contributed by atoms with E-state index < -0.39 is 36.2 Å². The van der Waals surface area contributed by atoms with Gasteiger partial charge in [0.05, 0.1) is 17.4 Å². The summed E-state index contributed by atoms with van der Waals surface area (Å²) < 4.78 is 97.4. The number of aromatic nitrogens is 4. The molecule has 0 bridgehead atoms. The highest BCUT2D eigenvalue weighted by molar-refractivity contribution is 5.94. The summed E-state index contributed by atoms with van der Waals surface area (Å²) in [5, 5.41) is 7.34. The number of nitrogens with zero attached hydrogens (tertiary/aromatic N) is 5. The van der Waals surface area contributed by atoms with Gasteiger partial charge in [-0.2, -0.15) is 18.2 Å².